The molecule has 0 aromatic heterocycles. The van der Waals surface area contributed by atoms with E-state index in [4.69, 9.17) is 4.74 Å². The molecule has 1 aliphatic carbocycles. The van der Waals surface area contributed by atoms with Crippen molar-refractivity contribution in [3.63, 3.8) is 0 Å². The van der Waals surface area contributed by atoms with Gasteiger partial charge in [-0.15, -0.1) is 5.53 Å². The number of anilines is 3. The zero-order valence-corrected chi connectivity index (χ0v) is 23.2. The number of sulfonamides is 1. The minimum atomic E-state index is -3.60. The highest BCUT2D eigenvalue weighted by Crippen LogP contribution is 2.39. The lowest BCUT2D eigenvalue weighted by Gasteiger charge is -2.24. The van der Waals surface area contributed by atoms with E-state index in [2.05, 4.69) is 26.3 Å². The predicted octanol–water partition coefficient (Wildman–Crippen LogP) is 2.87. The van der Waals surface area contributed by atoms with Gasteiger partial charge >= 0.3 is 0 Å². The Balaban J connectivity index is 1.63. The highest BCUT2D eigenvalue weighted by atomic mass is 32.2. The molecule has 0 atom stereocenters. The lowest BCUT2D eigenvalue weighted by atomic mass is 9.86. The fourth-order valence-electron chi connectivity index (χ4n) is 3.90. The van der Waals surface area contributed by atoms with E-state index in [0.717, 1.165) is 30.2 Å². The Labute approximate surface area is 223 Å². The summed E-state index contributed by atoms with van der Waals surface area (Å²) in [6.45, 7) is 7.86. The Hall–Kier alpha value is -3.77. The van der Waals surface area contributed by atoms with Gasteiger partial charge in [0.2, 0.25) is 10.0 Å². The number of hydrogen-bond acceptors (Lipinski definition) is 8. The van der Waals surface area contributed by atoms with Crippen LogP contribution < -0.4 is 36.1 Å². The molecule has 1 saturated carbocycles. The van der Waals surface area contributed by atoms with E-state index in [1.165, 1.54) is 7.11 Å². The SMILES string of the molecule is COc1c(NC(=O)c2ccc(C)c(N3C=C(C(=O)NC4CC4)NN3)c2)cc(C(C)(C)C)cc1NS(C)(=O)=O. The van der Waals surface area contributed by atoms with E-state index in [1.54, 1.807) is 35.5 Å². The Morgan fingerprint density at radius 3 is 2.37 bits per heavy atom. The number of nitrogens with one attached hydrogen (secondary N) is 5. The second-order valence-electron chi connectivity index (χ2n) is 10.6. The fraction of sp³-hybridized carbons (Fsp3) is 0.385. The summed E-state index contributed by atoms with van der Waals surface area (Å²) in [6, 6.07) is 8.91. The Morgan fingerprint density at radius 1 is 1.08 bits per heavy atom. The van der Waals surface area contributed by atoms with Crippen LogP contribution in [0.1, 0.15) is 55.1 Å². The van der Waals surface area contributed by atoms with Crippen LogP contribution in [-0.2, 0) is 20.2 Å². The Kier molecular flexibility index (Phi) is 7.31. The van der Waals surface area contributed by atoms with Gasteiger partial charge in [0.05, 0.1) is 36.6 Å². The number of benzene rings is 2. The highest BCUT2D eigenvalue weighted by Gasteiger charge is 2.28. The largest absolute Gasteiger partial charge is 0.492 e. The van der Waals surface area contributed by atoms with Crippen molar-refractivity contribution < 1.29 is 22.7 Å². The van der Waals surface area contributed by atoms with Gasteiger partial charge in [-0.1, -0.05) is 26.8 Å². The standard InChI is InChI=1S/C26H34N6O5S/c1-15-7-8-16(11-22(15)32-14-21(29-31-32)25(34)27-18-9-10-18)24(33)28-19-12-17(26(2,3)4)13-20(23(19)37-5)30-38(6,35)36/h7-8,11-14,18,29-31H,9-10H2,1-6H3,(H,27,34)(H,28,33). The molecule has 1 aliphatic heterocycles. The van der Waals surface area contributed by atoms with Crippen LogP contribution in [0.3, 0.4) is 0 Å². The minimum Gasteiger partial charge on any atom is -0.492 e. The van der Waals surface area contributed by atoms with Gasteiger partial charge in [0.25, 0.3) is 11.8 Å². The quantitative estimate of drug-likeness (QED) is 0.343. The van der Waals surface area contributed by atoms with E-state index in [1.807, 2.05) is 33.8 Å². The van der Waals surface area contributed by atoms with Crippen molar-refractivity contribution >= 4 is 38.9 Å². The van der Waals surface area contributed by atoms with Gasteiger partial charge in [-0.25, -0.2) is 8.42 Å². The van der Waals surface area contributed by atoms with E-state index in [0.29, 0.717) is 22.6 Å². The van der Waals surface area contributed by atoms with E-state index < -0.39 is 15.9 Å². The molecule has 11 nitrogen and oxygen atoms in total. The zero-order valence-electron chi connectivity index (χ0n) is 22.4. The van der Waals surface area contributed by atoms with Crippen molar-refractivity contribution in [3.8, 4) is 5.75 Å². The van der Waals surface area contributed by atoms with Gasteiger partial charge in [-0.2, -0.15) is 0 Å². The third-order valence-corrected chi connectivity index (χ3v) is 6.75. The third-order valence-electron chi connectivity index (χ3n) is 6.16. The number of rotatable bonds is 8. The normalized spacial score (nSPS) is 15.4. The lowest BCUT2D eigenvalue weighted by Crippen LogP contribution is -2.39. The van der Waals surface area contributed by atoms with E-state index >= 15 is 0 Å². The molecule has 2 aromatic rings. The average molecular weight is 543 g/mol. The molecule has 0 radical (unpaired) electrons. The smallest absolute Gasteiger partial charge is 0.270 e. The lowest BCUT2D eigenvalue weighted by molar-refractivity contribution is -0.118. The first kappa shape index (κ1) is 27.3. The van der Waals surface area contributed by atoms with E-state index in [-0.39, 0.29) is 28.8 Å². The maximum atomic E-state index is 13.4. The molecule has 5 N–H and O–H groups in total. The molecule has 38 heavy (non-hydrogen) atoms. The van der Waals surface area contributed by atoms with Gasteiger partial charge in [-0.05, 0) is 60.6 Å². The van der Waals surface area contributed by atoms with Crippen molar-refractivity contribution in [1.82, 2.24) is 16.3 Å². The van der Waals surface area contributed by atoms with Crippen LogP contribution in [0.4, 0.5) is 17.1 Å². The average Bonchev–Trinajstić information content (AvgIpc) is 3.49. The van der Waals surface area contributed by atoms with Gasteiger partial charge in [0, 0.05) is 11.6 Å². The number of nitrogens with zero attached hydrogens (tertiary/aromatic N) is 1. The molecule has 204 valence electrons. The van der Waals surface area contributed by atoms with Crippen LogP contribution in [0.15, 0.2) is 42.2 Å². The molecule has 2 amide bonds. The number of carbonyl (C=O) groups is 2. The number of ether oxygens (including phenoxy) is 1. The van der Waals surface area contributed by atoms with Crippen molar-refractivity contribution in [2.75, 3.05) is 28.4 Å². The molecule has 1 heterocycles. The zero-order chi connectivity index (χ0) is 27.8. The molecule has 0 bridgehead atoms. The number of carbonyl (C=O) groups excluding carboxylic acids is 2. The summed E-state index contributed by atoms with van der Waals surface area (Å²) in [7, 11) is -2.19. The topological polar surface area (TPSA) is 141 Å². The molecule has 2 aliphatic rings. The summed E-state index contributed by atoms with van der Waals surface area (Å²) in [5, 5.41) is 7.45. The fourth-order valence-corrected chi connectivity index (χ4v) is 4.46. The number of amides is 2. The molecule has 2 aromatic carbocycles. The molecule has 12 heteroatoms. The summed E-state index contributed by atoms with van der Waals surface area (Å²) < 4.78 is 32.0. The van der Waals surface area contributed by atoms with Crippen LogP contribution in [0.5, 0.6) is 5.75 Å². The second-order valence-corrected chi connectivity index (χ2v) is 12.3. The Bertz CT molecular complexity index is 1410. The first-order chi connectivity index (χ1) is 17.7. The predicted molar refractivity (Wildman–Crippen MR) is 147 cm³/mol. The van der Waals surface area contributed by atoms with Gasteiger partial charge in [0.1, 0.15) is 5.70 Å². The molecular formula is C26H34N6O5S. The van der Waals surface area contributed by atoms with Gasteiger partial charge < -0.3 is 15.4 Å². The molecule has 1 fully saturated rings. The van der Waals surface area contributed by atoms with Crippen molar-refractivity contribution in [3.05, 3.63) is 58.9 Å². The first-order valence-corrected chi connectivity index (χ1v) is 14.1. The van der Waals surface area contributed by atoms with Crippen LogP contribution in [0.2, 0.25) is 0 Å². The first-order valence-electron chi connectivity index (χ1n) is 12.2. The molecular weight excluding hydrogens is 508 g/mol. The van der Waals surface area contributed by atoms with Crippen molar-refractivity contribution in [2.24, 2.45) is 0 Å². The minimum absolute atomic E-state index is 0.196. The Morgan fingerprint density at radius 2 is 1.76 bits per heavy atom. The summed E-state index contributed by atoms with van der Waals surface area (Å²) in [4.78, 5) is 25.8. The van der Waals surface area contributed by atoms with Crippen molar-refractivity contribution in [2.45, 2.75) is 52.0 Å². The van der Waals surface area contributed by atoms with Crippen LogP contribution in [0.25, 0.3) is 0 Å². The number of hydrazine groups is 2. The number of aryl methyl sites for hydroxylation is 1. The summed E-state index contributed by atoms with van der Waals surface area (Å²) >= 11 is 0. The van der Waals surface area contributed by atoms with Crippen LogP contribution in [0, 0.1) is 6.92 Å². The maximum absolute atomic E-state index is 13.4. The van der Waals surface area contributed by atoms with Crippen LogP contribution >= 0.6 is 0 Å². The number of methoxy groups -OCH3 is 1. The second kappa shape index (κ2) is 10.2. The molecule has 0 unspecified atom stereocenters. The van der Waals surface area contributed by atoms with E-state index in [9.17, 15) is 18.0 Å². The summed E-state index contributed by atoms with van der Waals surface area (Å²) in [5.74, 6) is -0.411. The maximum Gasteiger partial charge on any atom is 0.270 e. The highest BCUT2D eigenvalue weighted by molar-refractivity contribution is 7.92. The van der Waals surface area contributed by atoms with Gasteiger partial charge in [-0.3, -0.25) is 24.7 Å². The van der Waals surface area contributed by atoms with Gasteiger partial charge in [0.15, 0.2) is 5.75 Å². The monoisotopic (exact) mass is 542 g/mol. The van der Waals surface area contributed by atoms with Crippen molar-refractivity contribution in [1.29, 1.82) is 0 Å². The summed E-state index contributed by atoms with van der Waals surface area (Å²) in [6.07, 6.45) is 4.67. The molecule has 4 rings (SSSR count). The summed E-state index contributed by atoms with van der Waals surface area (Å²) in [5.41, 5.74) is 9.13. The van der Waals surface area contributed by atoms with Crippen LogP contribution in [-0.4, -0.2) is 39.6 Å². The molecule has 0 spiro atoms. The third kappa shape index (κ3) is 6.37. The molecule has 0 saturated heterocycles. The number of hydrogen-bond donors (Lipinski definition) is 5.